The SMILES string of the molecule is CN1C2=NNN1S[CH]2. The van der Waals surface area contributed by atoms with Gasteiger partial charge in [-0.2, -0.15) is 0 Å². The van der Waals surface area contributed by atoms with Gasteiger partial charge in [-0.25, -0.2) is 5.53 Å². The first-order chi connectivity index (χ1) is 3.88. The minimum atomic E-state index is 0.981. The molecule has 0 aromatic carbocycles. The number of nitrogens with one attached hydrogen (secondary N) is 1. The van der Waals surface area contributed by atoms with Crippen molar-refractivity contribution in [1.82, 2.24) is 15.1 Å². The minimum Gasteiger partial charge on any atom is -0.264 e. The minimum absolute atomic E-state index is 0.981. The van der Waals surface area contributed by atoms with Gasteiger partial charge in [0.15, 0.2) is 5.84 Å². The monoisotopic (exact) mass is 129 g/mol. The largest absolute Gasteiger partial charge is 0.264 e. The molecule has 1 fully saturated rings. The van der Waals surface area contributed by atoms with Crippen molar-refractivity contribution in [3.05, 3.63) is 5.75 Å². The van der Waals surface area contributed by atoms with Gasteiger partial charge in [0.1, 0.15) is 5.75 Å². The third-order valence-corrected chi connectivity index (χ3v) is 1.95. The molecule has 2 aliphatic heterocycles. The van der Waals surface area contributed by atoms with E-state index in [1.165, 1.54) is 0 Å². The third-order valence-electron chi connectivity index (χ3n) is 1.11. The molecule has 0 spiro atoms. The van der Waals surface area contributed by atoms with Crippen molar-refractivity contribution in [1.29, 1.82) is 0 Å². The predicted molar refractivity (Wildman–Crippen MR) is 32.1 cm³/mol. The van der Waals surface area contributed by atoms with Gasteiger partial charge >= 0.3 is 0 Å². The summed E-state index contributed by atoms with van der Waals surface area (Å²) in [5.41, 5.74) is 2.78. The predicted octanol–water partition coefficient (Wildman–Crippen LogP) is -0.210. The van der Waals surface area contributed by atoms with Crippen LogP contribution in [0.25, 0.3) is 0 Å². The van der Waals surface area contributed by atoms with Crippen LogP contribution in [0.2, 0.25) is 0 Å². The molecule has 2 bridgehead atoms. The number of hydrogen-bond acceptors (Lipinski definition) is 5. The molecule has 2 aliphatic rings. The summed E-state index contributed by atoms with van der Waals surface area (Å²) in [6.45, 7) is 0. The van der Waals surface area contributed by atoms with Crippen molar-refractivity contribution in [2.75, 3.05) is 7.05 Å². The first kappa shape index (κ1) is 4.46. The molecule has 1 radical (unpaired) electrons. The summed E-state index contributed by atoms with van der Waals surface area (Å²) < 4.78 is 1.84. The smallest absolute Gasteiger partial charge is 0.159 e. The molecule has 0 aromatic rings. The van der Waals surface area contributed by atoms with E-state index in [1.807, 2.05) is 22.3 Å². The lowest BCUT2D eigenvalue weighted by atomic mass is 10.7. The van der Waals surface area contributed by atoms with Gasteiger partial charge in [0.05, 0.1) is 0 Å². The van der Waals surface area contributed by atoms with Crippen LogP contribution < -0.4 is 5.53 Å². The van der Waals surface area contributed by atoms with Crippen molar-refractivity contribution >= 4 is 17.8 Å². The molecule has 43 valence electrons. The Morgan fingerprint density at radius 2 is 2.75 bits per heavy atom. The molecule has 0 amide bonds. The molecular formula is C3H5N4S. The van der Waals surface area contributed by atoms with Gasteiger partial charge in [0, 0.05) is 7.05 Å². The van der Waals surface area contributed by atoms with E-state index >= 15 is 0 Å². The Balaban J connectivity index is 2.31. The fourth-order valence-electron chi connectivity index (χ4n) is 0.620. The number of rotatable bonds is 0. The van der Waals surface area contributed by atoms with Crippen LogP contribution in [0.5, 0.6) is 0 Å². The van der Waals surface area contributed by atoms with Crippen molar-refractivity contribution < 1.29 is 0 Å². The topological polar surface area (TPSA) is 30.9 Å². The maximum Gasteiger partial charge on any atom is 0.159 e. The van der Waals surface area contributed by atoms with E-state index in [4.69, 9.17) is 0 Å². The molecule has 0 aromatic heterocycles. The van der Waals surface area contributed by atoms with Crippen molar-refractivity contribution in [2.45, 2.75) is 0 Å². The average molecular weight is 129 g/mol. The lowest BCUT2D eigenvalue weighted by Gasteiger charge is -2.13. The molecule has 2 rings (SSSR count). The number of amidine groups is 1. The molecular weight excluding hydrogens is 124 g/mol. The maximum absolute atomic E-state index is 3.93. The maximum atomic E-state index is 3.93. The number of hydrazine groups is 2. The van der Waals surface area contributed by atoms with Crippen LogP contribution in [0.1, 0.15) is 0 Å². The van der Waals surface area contributed by atoms with Gasteiger partial charge in [0.25, 0.3) is 0 Å². The summed E-state index contributed by atoms with van der Waals surface area (Å²) in [6, 6.07) is 0. The highest BCUT2D eigenvalue weighted by atomic mass is 32.2. The quantitative estimate of drug-likeness (QED) is 0.458. The molecule has 4 nitrogen and oxygen atoms in total. The van der Waals surface area contributed by atoms with Gasteiger partial charge in [-0.1, -0.05) is 4.52 Å². The standard InChI is InChI=1S/C3H5N4S/c1-6-3-2-8-7(6)5-4-3/h2,5H,1H3. The highest BCUT2D eigenvalue weighted by Crippen LogP contribution is 2.27. The second kappa shape index (κ2) is 1.29. The van der Waals surface area contributed by atoms with E-state index in [-0.39, 0.29) is 0 Å². The van der Waals surface area contributed by atoms with Crippen molar-refractivity contribution in [3.63, 3.8) is 0 Å². The van der Waals surface area contributed by atoms with Crippen LogP contribution in [-0.2, 0) is 0 Å². The summed E-state index contributed by atoms with van der Waals surface area (Å²) in [4.78, 5) is 0. The van der Waals surface area contributed by atoms with E-state index in [0.29, 0.717) is 0 Å². The number of hydrazone groups is 1. The van der Waals surface area contributed by atoms with Crippen LogP contribution in [0.4, 0.5) is 0 Å². The number of fused-ring (bicyclic) bond motifs is 2. The summed E-state index contributed by atoms with van der Waals surface area (Å²) in [6.07, 6.45) is 0. The summed E-state index contributed by atoms with van der Waals surface area (Å²) in [5.74, 6) is 2.96. The Morgan fingerprint density at radius 3 is 2.88 bits per heavy atom. The number of nitrogens with zero attached hydrogens (tertiary/aromatic N) is 3. The normalized spacial score (nSPS) is 32.9. The molecule has 1 unspecified atom stereocenters. The van der Waals surface area contributed by atoms with E-state index in [9.17, 15) is 0 Å². The molecule has 0 saturated carbocycles. The van der Waals surface area contributed by atoms with Gasteiger partial charge in [-0.3, -0.25) is 5.01 Å². The first-order valence-corrected chi connectivity index (χ1v) is 3.09. The van der Waals surface area contributed by atoms with Gasteiger partial charge in [-0.05, 0) is 11.9 Å². The van der Waals surface area contributed by atoms with Gasteiger partial charge in [-0.15, -0.1) is 5.10 Å². The molecule has 1 atom stereocenters. The molecule has 5 heteroatoms. The van der Waals surface area contributed by atoms with E-state index < -0.39 is 0 Å². The fraction of sp³-hybridized carbons (Fsp3) is 0.333. The van der Waals surface area contributed by atoms with Crippen molar-refractivity contribution in [2.24, 2.45) is 5.10 Å². The van der Waals surface area contributed by atoms with E-state index in [2.05, 4.69) is 10.6 Å². The zero-order chi connectivity index (χ0) is 5.56. The van der Waals surface area contributed by atoms with Crippen LogP contribution in [0.3, 0.4) is 0 Å². The van der Waals surface area contributed by atoms with Crippen LogP contribution in [0, 0.1) is 5.75 Å². The van der Waals surface area contributed by atoms with Crippen LogP contribution in [0.15, 0.2) is 5.10 Å². The second-order valence-electron chi connectivity index (χ2n) is 1.59. The molecule has 2 heterocycles. The summed E-state index contributed by atoms with van der Waals surface area (Å²) >= 11 is 1.59. The number of hydrogen-bond donors (Lipinski definition) is 1. The average Bonchev–Trinajstić information content (AvgIpc) is 2.29. The summed E-state index contributed by atoms with van der Waals surface area (Å²) in [5, 5.41) is 5.86. The molecule has 8 heavy (non-hydrogen) atoms. The Hall–Kier alpha value is -0.420. The zero-order valence-corrected chi connectivity index (χ0v) is 5.14. The lowest BCUT2D eigenvalue weighted by molar-refractivity contribution is 0.181. The van der Waals surface area contributed by atoms with Gasteiger partial charge in [0.2, 0.25) is 0 Å². The Labute approximate surface area is 51.6 Å². The molecule has 1 saturated heterocycles. The second-order valence-corrected chi connectivity index (χ2v) is 2.38. The highest BCUT2D eigenvalue weighted by Gasteiger charge is 2.30. The van der Waals surface area contributed by atoms with E-state index in [1.54, 1.807) is 11.9 Å². The van der Waals surface area contributed by atoms with E-state index in [0.717, 1.165) is 5.84 Å². The van der Waals surface area contributed by atoms with Crippen LogP contribution >= 0.6 is 11.9 Å². The Bertz CT molecular complexity index is 144. The van der Waals surface area contributed by atoms with Crippen molar-refractivity contribution in [3.8, 4) is 0 Å². The lowest BCUT2D eigenvalue weighted by Crippen LogP contribution is -2.31. The molecule has 0 aliphatic carbocycles. The molecule has 1 N–H and O–H groups in total. The van der Waals surface area contributed by atoms with Crippen LogP contribution in [-0.4, -0.2) is 22.4 Å². The summed E-state index contributed by atoms with van der Waals surface area (Å²) in [7, 11) is 1.95. The zero-order valence-electron chi connectivity index (χ0n) is 4.33. The highest BCUT2D eigenvalue weighted by molar-refractivity contribution is 8.00. The Morgan fingerprint density at radius 1 is 1.88 bits per heavy atom. The Kier molecular flexibility index (Phi) is 0.721. The fourth-order valence-corrected chi connectivity index (χ4v) is 1.33. The third kappa shape index (κ3) is 0.379. The van der Waals surface area contributed by atoms with Gasteiger partial charge < -0.3 is 0 Å². The first-order valence-electron chi connectivity index (χ1n) is 2.25.